The van der Waals surface area contributed by atoms with Crippen LogP contribution in [0.5, 0.6) is 5.75 Å². The van der Waals surface area contributed by atoms with Crippen molar-refractivity contribution in [2.24, 2.45) is 5.92 Å². The molecule has 1 N–H and O–H groups in total. The van der Waals surface area contributed by atoms with Crippen molar-refractivity contribution in [2.75, 3.05) is 19.0 Å². The summed E-state index contributed by atoms with van der Waals surface area (Å²) in [6.45, 7) is 4.41. The molecular formula is C15H20N2O3. The number of rotatable bonds is 4. The molecular weight excluding hydrogens is 256 g/mol. The van der Waals surface area contributed by atoms with Gasteiger partial charge in [0, 0.05) is 30.8 Å². The fraction of sp³-hybridized carbons (Fsp3) is 0.467. The number of nitrogens with one attached hydrogen (secondary N) is 1. The maximum Gasteiger partial charge on any atom is 0.229 e. The topological polar surface area (TPSA) is 58.6 Å². The summed E-state index contributed by atoms with van der Waals surface area (Å²) in [5.74, 6) is 0.339. The molecule has 20 heavy (non-hydrogen) atoms. The smallest absolute Gasteiger partial charge is 0.229 e. The predicted molar refractivity (Wildman–Crippen MR) is 76.6 cm³/mol. The first-order chi connectivity index (χ1) is 9.51. The molecule has 0 bridgehead atoms. The molecule has 1 heterocycles. The number of hydrogen-bond acceptors (Lipinski definition) is 3. The molecule has 5 nitrogen and oxygen atoms in total. The van der Waals surface area contributed by atoms with Gasteiger partial charge >= 0.3 is 0 Å². The molecule has 5 heteroatoms. The van der Waals surface area contributed by atoms with Gasteiger partial charge in [-0.1, -0.05) is 6.07 Å². The average Bonchev–Trinajstić information content (AvgIpc) is 2.81. The fourth-order valence-electron chi connectivity index (χ4n) is 2.35. The van der Waals surface area contributed by atoms with Crippen LogP contribution in [0.15, 0.2) is 24.3 Å². The molecule has 1 aromatic rings. The quantitative estimate of drug-likeness (QED) is 0.913. The Morgan fingerprint density at radius 2 is 2.20 bits per heavy atom. The molecule has 1 unspecified atom stereocenters. The van der Waals surface area contributed by atoms with Crippen molar-refractivity contribution in [3.63, 3.8) is 0 Å². The van der Waals surface area contributed by atoms with E-state index in [1.165, 1.54) is 0 Å². The van der Waals surface area contributed by atoms with Crippen molar-refractivity contribution < 1.29 is 14.3 Å². The van der Waals surface area contributed by atoms with Crippen LogP contribution >= 0.6 is 0 Å². The molecule has 1 aromatic carbocycles. The number of anilines is 1. The first-order valence-electron chi connectivity index (χ1n) is 6.75. The second kappa shape index (κ2) is 5.94. The first-order valence-corrected chi connectivity index (χ1v) is 6.75. The van der Waals surface area contributed by atoms with Crippen LogP contribution in [0.25, 0.3) is 0 Å². The molecule has 0 radical (unpaired) electrons. The average molecular weight is 276 g/mol. The monoisotopic (exact) mass is 276 g/mol. The molecule has 1 aliphatic heterocycles. The first kappa shape index (κ1) is 14.4. The summed E-state index contributed by atoms with van der Waals surface area (Å²) in [6.07, 6.45) is 0.286. The molecule has 1 aliphatic rings. The predicted octanol–water partition coefficient (Wildman–Crippen LogP) is 1.89. The minimum absolute atomic E-state index is 0.0470. The Bertz CT molecular complexity index is 514. The zero-order chi connectivity index (χ0) is 14.7. The molecule has 2 amide bonds. The van der Waals surface area contributed by atoms with Crippen LogP contribution in [-0.4, -0.2) is 36.4 Å². The number of hydrogen-bond donors (Lipinski definition) is 1. The largest absolute Gasteiger partial charge is 0.497 e. The summed E-state index contributed by atoms with van der Waals surface area (Å²) >= 11 is 0. The van der Waals surface area contributed by atoms with E-state index in [0.29, 0.717) is 18.0 Å². The number of methoxy groups -OCH3 is 1. The summed E-state index contributed by atoms with van der Waals surface area (Å²) < 4.78 is 5.11. The number of carbonyl (C=O) groups is 2. The number of likely N-dealkylation sites (tertiary alicyclic amines) is 1. The van der Waals surface area contributed by atoms with Crippen LogP contribution in [0.1, 0.15) is 20.3 Å². The number of nitrogens with zero attached hydrogens (tertiary/aromatic N) is 1. The summed E-state index contributed by atoms with van der Waals surface area (Å²) in [7, 11) is 1.58. The van der Waals surface area contributed by atoms with Crippen LogP contribution in [0.3, 0.4) is 0 Å². The molecule has 0 spiro atoms. The lowest BCUT2D eigenvalue weighted by atomic mass is 10.1. The molecule has 1 fully saturated rings. The summed E-state index contributed by atoms with van der Waals surface area (Å²) in [6, 6.07) is 7.33. The van der Waals surface area contributed by atoms with Gasteiger partial charge in [0.2, 0.25) is 11.8 Å². The Morgan fingerprint density at radius 1 is 1.45 bits per heavy atom. The SMILES string of the molecule is COc1cccc(NC(=O)C2CC(=O)N(C(C)C)C2)c1. The van der Waals surface area contributed by atoms with Crippen molar-refractivity contribution in [1.82, 2.24) is 4.90 Å². The Labute approximate surface area is 118 Å². The number of carbonyl (C=O) groups excluding carboxylic acids is 2. The van der Waals surface area contributed by atoms with Crippen molar-refractivity contribution in [3.05, 3.63) is 24.3 Å². The molecule has 1 atom stereocenters. The second-order valence-electron chi connectivity index (χ2n) is 5.26. The summed E-state index contributed by atoms with van der Waals surface area (Å²) in [5, 5.41) is 2.84. The van der Waals surface area contributed by atoms with Gasteiger partial charge in [0.25, 0.3) is 0 Å². The minimum atomic E-state index is -0.281. The fourth-order valence-corrected chi connectivity index (χ4v) is 2.35. The Morgan fingerprint density at radius 3 is 2.80 bits per heavy atom. The molecule has 1 saturated heterocycles. The van der Waals surface area contributed by atoms with Crippen LogP contribution in [-0.2, 0) is 9.59 Å². The van der Waals surface area contributed by atoms with Gasteiger partial charge < -0.3 is 15.0 Å². The second-order valence-corrected chi connectivity index (χ2v) is 5.26. The van der Waals surface area contributed by atoms with Crippen LogP contribution in [0.2, 0.25) is 0 Å². The van der Waals surface area contributed by atoms with E-state index in [-0.39, 0.29) is 30.2 Å². The van der Waals surface area contributed by atoms with Crippen molar-refractivity contribution in [1.29, 1.82) is 0 Å². The van der Waals surface area contributed by atoms with Crippen LogP contribution in [0, 0.1) is 5.92 Å². The van der Waals surface area contributed by atoms with Crippen LogP contribution in [0.4, 0.5) is 5.69 Å². The highest BCUT2D eigenvalue weighted by Crippen LogP contribution is 2.23. The zero-order valence-corrected chi connectivity index (χ0v) is 12.1. The Kier molecular flexibility index (Phi) is 4.27. The van der Waals surface area contributed by atoms with Crippen molar-refractivity contribution in [3.8, 4) is 5.75 Å². The number of amides is 2. The van der Waals surface area contributed by atoms with E-state index in [9.17, 15) is 9.59 Å². The molecule has 0 saturated carbocycles. The van der Waals surface area contributed by atoms with E-state index in [0.717, 1.165) is 0 Å². The van der Waals surface area contributed by atoms with Gasteiger partial charge in [0.15, 0.2) is 0 Å². The lowest BCUT2D eigenvalue weighted by molar-refractivity contribution is -0.129. The highest BCUT2D eigenvalue weighted by molar-refractivity contribution is 5.97. The van der Waals surface area contributed by atoms with E-state index in [1.54, 1.807) is 24.1 Å². The standard InChI is InChI=1S/C15H20N2O3/c1-10(2)17-9-11(7-14(17)18)15(19)16-12-5-4-6-13(8-12)20-3/h4-6,8,10-11H,7,9H2,1-3H3,(H,16,19). The highest BCUT2D eigenvalue weighted by Gasteiger charge is 2.35. The van der Waals surface area contributed by atoms with Gasteiger partial charge in [0.1, 0.15) is 5.75 Å². The molecule has 0 aromatic heterocycles. The lowest BCUT2D eigenvalue weighted by Crippen LogP contribution is -2.33. The van der Waals surface area contributed by atoms with E-state index in [1.807, 2.05) is 26.0 Å². The number of ether oxygens (including phenoxy) is 1. The zero-order valence-electron chi connectivity index (χ0n) is 12.1. The van der Waals surface area contributed by atoms with Gasteiger partial charge in [-0.25, -0.2) is 0 Å². The van der Waals surface area contributed by atoms with E-state index in [4.69, 9.17) is 4.74 Å². The van der Waals surface area contributed by atoms with E-state index in [2.05, 4.69) is 5.32 Å². The number of benzene rings is 1. The lowest BCUT2D eigenvalue weighted by Gasteiger charge is -2.20. The maximum atomic E-state index is 12.2. The Balaban J connectivity index is 2.00. The van der Waals surface area contributed by atoms with Gasteiger partial charge in [-0.05, 0) is 26.0 Å². The maximum absolute atomic E-state index is 12.2. The summed E-state index contributed by atoms with van der Waals surface area (Å²) in [5.41, 5.74) is 0.685. The molecule has 0 aliphatic carbocycles. The normalized spacial score (nSPS) is 18.5. The van der Waals surface area contributed by atoms with Crippen molar-refractivity contribution in [2.45, 2.75) is 26.3 Å². The third-order valence-electron chi connectivity index (χ3n) is 3.49. The van der Waals surface area contributed by atoms with E-state index < -0.39 is 0 Å². The minimum Gasteiger partial charge on any atom is -0.497 e. The van der Waals surface area contributed by atoms with Crippen LogP contribution < -0.4 is 10.1 Å². The van der Waals surface area contributed by atoms with Crippen molar-refractivity contribution >= 4 is 17.5 Å². The van der Waals surface area contributed by atoms with Gasteiger partial charge in [-0.2, -0.15) is 0 Å². The van der Waals surface area contributed by atoms with Gasteiger partial charge in [-0.15, -0.1) is 0 Å². The molecule has 2 rings (SSSR count). The third kappa shape index (κ3) is 3.10. The van der Waals surface area contributed by atoms with Gasteiger partial charge in [-0.3, -0.25) is 9.59 Å². The summed E-state index contributed by atoms with van der Waals surface area (Å²) in [4.78, 5) is 25.8. The highest BCUT2D eigenvalue weighted by atomic mass is 16.5. The molecule has 108 valence electrons. The van der Waals surface area contributed by atoms with E-state index >= 15 is 0 Å². The Hall–Kier alpha value is -2.04. The third-order valence-corrected chi connectivity index (χ3v) is 3.49. The van der Waals surface area contributed by atoms with Gasteiger partial charge in [0.05, 0.1) is 13.0 Å².